The van der Waals surface area contributed by atoms with E-state index < -0.39 is 82.4 Å². The molecule has 1 aromatic rings. The number of thiazole rings is 1. The molecule has 4 rings (SSSR count). The van der Waals surface area contributed by atoms with Crippen molar-refractivity contribution < 1.29 is 53.4 Å². The molecule has 188 valence electrons. The van der Waals surface area contributed by atoms with Gasteiger partial charge >= 0.3 is 17.9 Å². The highest BCUT2D eigenvalue weighted by molar-refractivity contribution is 7.92. The number of aromatic nitrogens is 1. The van der Waals surface area contributed by atoms with Crippen LogP contribution >= 0.6 is 11.3 Å². The Morgan fingerprint density at radius 3 is 2.74 bits per heavy atom. The van der Waals surface area contributed by atoms with Crippen LogP contribution in [0.15, 0.2) is 10.5 Å². The standard InChI is InChI=1S/C17H17N5O11S2/c18-16-19-6(3-34-16)9(21-33-7(2-23)14(27)28)11(25)20-10-12(26)22-13(10)35(31)4-5-1-8(24)32-17(5,22)15(29)30/h3,5,7,10,13,23H,1-2,4H2,(H2,18,19)(H,20,25)(H,27,28)(H,29,30)/b21-9-/t5-,7+,10+,13+,17+,35-/m0/s1. The lowest BCUT2D eigenvalue weighted by Gasteiger charge is -2.55. The van der Waals surface area contributed by atoms with Crippen LogP contribution in [0, 0.1) is 5.92 Å². The first kappa shape index (κ1) is 24.6. The number of rotatable bonds is 8. The van der Waals surface area contributed by atoms with Crippen molar-refractivity contribution in [2.75, 3.05) is 18.1 Å². The topological polar surface area (TPSA) is 254 Å². The normalized spacial score (nSPS) is 30.5. The highest BCUT2D eigenvalue weighted by atomic mass is 32.2. The summed E-state index contributed by atoms with van der Waals surface area (Å²) in [7, 11) is 0. The molecule has 2 amide bonds. The summed E-state index contributed by atoms with van der Waals surface area (Å²) in [5, 5.41) is 33.6. The molecule has 6 N–H and O–H groups in total. The molecule has 3 fully saturated rings. The third kappa shape index (κ3) is 3.93. The average Bonchev–Trinajstić information content (AvgIpc) is 3.35. The van der Waals surface area contributed by atoms with Crippen molar-refractivity contribution in [2.45, 2.75) is 29.7 Å². The van der Waals surface area contributed by atoms with Crippen LogP contribution in [0.3, 0.4) is 0 Å². The Morgan fingerprint density at radius 1 is 1.46 bits per heavy atom. The van der Waals surface area contributed by atoms with E-state index in [1.807, 2.05) is 0 Å². The molecule has 3 aliphatic heterocycles. The SMILES string of the molecule is Nc1nc(/C(=N/O[C@H](CO)C(=O)O)C(=O)N[C@@H]2C(=O)N3[C@@H]2[S@@+]([O-])C[C@@H]2CC(=O)O[C@@]23C(=O)O)cs1. The van der Waals surface area contributed by atoms with Crippen molar-refractivity contribution >= 4 is 63.1 Å². The fraction of sp³-hybridized carbons (Fsp3) is 0.471. The van der Waals surface area contributed by atoms with Crippen LogP contribution in [-0.2, 0) is 44.7 Å². The number of hydrogen-bond acceptors (Lipinski definition) is 13. The molecule has 1 aromatic heterocycles. The van der Waals surface area contributed by atoms with Gasteiger partial charge in [-0.25, -0.2) is 19.5 Å². The Labute approximate surface area is 201 Å². The van der Waals surface area contributed by atoms with E-state index in [1.54, 1.807) is 0 Å². The summed E-state index contributed by atoms with van der Waals surface area (Å²) in [5.74, 6) is -7.40. The molecule has 35 heavy (non-hydrogen) atoms. The Kier molecular flexibility index (Phi) is 6.30. The highest BCUT2D eigenvalue weighted by Gasteiger charge is 2.76. The third-order valence-corrected chi connectivity index (χ3v) is 7.98. The van der Waals surface area contributed by atoms with Gasteiger partial charge in [0.15, 0.2) is 16.9 Å². The second kappa shape index (κ2) is 8.95. The van der Waals surface area contributed by atoms with Gasteiger partial charge < -0.3 is 40.5 Å². The number of carbonyl (C=O) groups is 5. The Morgan fingerprint density at radius 2 is 2.17 bits per heavy atom. The van der Waals surface area contributed by atoms with Crippen LogP contribution in [0.2, 0.25) is 0 Å². The molecular formula is C17H17N5O11S2. The van der Waals surface area contributed by atoms with E-state index >= 15 is 0 Å². The first-order chi connectivity index (χ1) is 16.5. The number of oxime groups is 1. The number of nitrogen functional groups attached to an aromatic ring is 1. The fourth-order valence-corrected chi connectivity index (χ4v) is 6.45. The summed E-state index contributed by atoms with van der Waals surface area (Å²) >= 11 is -0.942. The zero-order valence-electron chi connectivity index (χ0n) is 17.4. The van der Waals surface area contributed by atoms with Crippen molar-refractivity contribution in [3.8, 4) is 0 Å². The number of aliphatic hydroxyl groups is 1. The second-order valence-electron chi connectivity index (χ2n) is 7.60. The fourth-order valence-electron chi connectivity index (χ4n) is 3.98. The second-order valence-corrected chi connectivity index (χ2v) is 10.1. The molecule has 18 heteroatoms. The number of nitrogens with two attached hydrogens (primary N) is 1. The monoisotopic (exact) mass is 531 g/mol. The molecule has 0 spiro atoms. The summed E-state index contributed by atoms with van der Waals surface area (Å²) in [5.41, 5.74) is 2.48. The summed E-state index contributed by atoms with van der Waals surface area (Å²) in [6, 6.07) is -1.48. The van der Waals surface area contributed by atoms with Gasteiger partial charge in [-0.05, 0) is 11.2 Å². The van der Waals surface area contributed by atoms with Crippen molar-refractivity contribution in [2.24, 2.45) is 11.1 Å². The predicted molar refractivity (Wildman–Crippen MR) is 113 cm³/mol. The number of fused-ring (bicyclic) bond motifs is 3. The number of hydrogen-bond donors (Lipinski definition) is 5. The molecule has 0 radical (unpaired) electrons. The molecule has 0 bridgehead atoms. The first-order valence-corrected chi connectivity index (χ1v) is 12.0. The number of carboxylic acid groups (broad SMARTS) is 2. The van der Waals surface area contributed by atoms with E-state index in [-0.39, 0.29) is 23.0 Å². The lowest BCUT2D eigenvalue weighted by atomic mass is 9.89. The lowest BCUT2D eigenvalue weighted by molar-refractivity contribution is -0.216. The highest BCUT2D eigenvalue weighted by Crippen LogP contribution is 2.48. The van der Waals surface area contributed by atoms with Crippen molar-refractivity contribution in [1.29, 1.82) is 0 Å². The molecule has 4 heterocycles. The summed E-state index contributed by atoms with van der Waals surface area (Å²) < 4.78 is 17.8. The maximum absolute atomic E-state index is 13.0. The van der Waals surface area contributed by atoms with Crippen LogP contribution in [0.1, 0.15) is 12.1 Å². The number of amides is 2. The zero-order chi connectivity index (χ0) is 25.7. The summed E-state index contributed by atoms with van der Waals surface area (Å²) in [6.07, 6.45) is -2.15. The van der Waals surface area contributed by atoms with Gasteiger partial charge in [0.05, 0.1) is 18.9 Å². The van der Waals surface area contributed by atoms with Gasteiger partial charge in [-0.1, -0.05) is 5.16 Å². The number of esters is 1. The minimum atomic E-state index is -2.33. The van der Waals surface area contributed by atoms with Crippen LogP contribution < -0.4 is 11.1 Å². The van der Waals surface area contributed by atoms with E-state index in [2.05, 4.69) is 15.5 Å². The number of carboxylic acids is 2. The van der Waals surface area contributed by atoms with Crippen LogP contribution in [0.25, 0.3) is 0 Å². The number of anilines is 1. The van der Waals surface area contributed by atoms with Crippen LogP contribution in [0.4, 0.5) is 5.13 Å². The van der Waals surface area contributed by atoms with Crippen molar-refractivity contribution in [3.05, 3.63) is 11.1 Å². The predicted octanol–water partition coefficient (Wildman–Crippen LogP) is -3.35. The molecule has 0 aliphatic carbocycles. The number of nitrogens with one attached hydrogen (secondary N) is 1. The molecule has 3 saturated heterocycles. The smallest absolute Gasteiger partial charge is 0.371 e. The number of aliphatic hydroxyl groups excluding tert-OH is 1. The maximum atomic E-state index is 13.0. The molecule has 3 aliphatic rings. The number of carbonyl (C=O) groups excluding carboxylic acids is 3. The van der Waals surface area contributed by atoms with Gasteiger partial charge in [-0.2, -0.15) is 0 Å². The zero-order valence-corrected chi connectivity index (χ0v) is 19.0. The molecule has 6 atom stereocenters. The van der Waals surface area contributed by atoms with E-state index in [0.717, 1.165) is 11.3 Å². The molecule has 16 nitrogen and oxygen atoms in total. The molecule has 0 aromatic carbocycles. The van der Waals surface area contributed by atoms with E-state index in [0.29, 0.717) is 4.90 Å². The number of nitrogens with zero attached hydrogens (tertiary/aromatic N) is 3. The minimum Gasteiger partial charge on any atom is -0.615 e. The molecule has 0 unspecified atom stereocenters. The van der Waals surface area contributed by atoms with Crippen LogP contribution in [0.5, 0.6) is 0 Å². The van der Waals surface area contributed by atoms with Gasteiger partial charge in [0, 0.05) is 5.38 Å². The van der Waals surface area contributed by atoms with Gasteiger partial charge in [-0.15, -0.1) is 11.3 Å². The number of β-lactam (4-membered cyclic amide) rings is 1. The van der Waals surface area contributed by atoms with Crippen molar-refractivity contribution in [3.63, 3.8) is 0 Å². The van der Waals surface area contributed by atoms with Gasteiger partial charge in [0.25, 0.3) is 17.5 Å². The summed E-state index contributed by atoms with van der Waals surface area (Å²) in [4.78, 5) is 70.0. The molecule has 0 saturated carbocycles. The largest absolute Gasteiger partial charge is 0.615 e. The molecular weight excluding hydrogens is 514 g/mol. The third-order valence-electron chi connectivity index (χ3n) is 5.56. The van der Waals surface area contributed by atoms with Crippen molar-refractivity contribution in [1.82, 2.24) is 15.2 Å². The lowest BCUT2D eigenvalue weighted by Crippen LogP contribution is -2.84. The Balaban J connectivity index is 1.59. The Bertz CT molecular complexity index is 1140. The maximum Gasteiger partial charge on any atom is 0.371 e. The first-order valence-electron chi connectivity index (χ1n) is 9.76. The van der Waals surface area contributed by atoms with E-state index in [9.17, 15) is 33.6 Å². The van der Waals surface area contributed by atoms with Gasteiger partial charge in [-0.3, -0.25) is 14.4 Å². The van der Waals surface area contributed by atoms with Gasteiger partial charge in [0.2, 0.25) is 11.5 Å². The van der Waals surface area contributed by atoms with E-state index in [1.165, 1.54) is 5.38 Å². The van der Waals surface area contributed by atoms with Crippen LogP contribution in [-0.4, -0.2) is 101 Å². The quantitative estimate of drug-likeness (QED) is 0.0723. The van der Waals surface area contributed by atoms with E-state index in [4.69, 9.17) is 25.5 Å². The summed E-state index contributed by atoms with van der Waals surface area (Å²) in [6.45, 7) is -0.971. The van der Waals surface area contributed by atoms with Gasteiger partial charge in [0.1, 0.15) is 11.4 Å². The Hall–Kier alpha value is -3.48. The number of aliphatic carboxylic acids is 2. The average molecular weight is 531 g/mol. The minimum absolute atomic E-state index is 0.0224. The number of ether oxygens (including phenoxy) is 1.